The Labute approximate surface area is 213 Å². The smallest absolute Gasteiger partial charge is 0.481 e. The van der Waals surface area contributed by atoms with Crippen LogP contribution in [0, 0.1) is 16.6 Å². The van der Waals surface area contributed by atoms with Gasteiger partial charge in [-0.15, -0.1) is 13.2 Å². The van der Waals surface area contributed by atoms with E-state index < -0.39 is 18.1 Å². The zero-order chi connectivity index (χ0) is 27.2. The van der Waals surface area contributed by atoms with Crippen LogP contribution in [-0.2, 0) is 17.6 Å². The fraction of sp³-hybridized carbons (Fsp3) is 0.500. The number of benzene rings is 2. The second-order valence-electron chi connectivity index (χ2n) is 11.6. The Morgan fingerprint density at radius 2 is 1.70 bits per heavy atom. The van der Waals surface area contributed by atoms with Gasteiger partial charge < -0.3 is 14.4 Å². The van der Waals surface area contributed by atoms with Crippen LogP contribution in [0.1, 0.15) is 76.4 Å². The molecular weight excluding hydrogens is 488 g/mol. The number of alkyl halides is 3. The highest BCUT2D eigenvalue weighted by Gasteiger charge is 2.40. The number of imidazole rings is 1. The van der Waals surface area contributed by atoms with Crippen molar-refractivity contribution in [3.8, 4) is 5.75 Å². The van der Waals surface area contributed by atoms with Gasteiger partial charge >= 0.3 is 12.3 Å². The summed E-state index contributed by atoms with van der Waals surface area (Å²) in [7, 11) is 0. The van der Waals surface area contributed by atoms with Crippen molar-refractivity contribution in [2.45, 2.75) is 78.6 Å². The molecule has 1 aliphatic rings. The minimum atomic E-state index is -4.77. The first-order valence-electron chi connectivity index (χ1n) is 12.4. The minimum absolute atomic E-state index is 0.0517. The highest BCUT2D eigenvalue weighted by molar-refractivity contribution is 5.78. The molecule has 0 unspecified atom stereocenters. The second-order valence-corrected chi connectivity index (χ2v) is 11.6. The maximum atomic E-state index is 15.5. The largest absolute Gasteiger partial charge is 0.573 e. The van der Waals surface area contributed by atoms with E-state index in [1.807, 2.05) is 0 Å². The number of aromatic nitrogens is 2. The van der Waals surface area contributed by atoms with E-state index in [-0.39, 0.29) is 41.0 Å². The molecule has 0 bridgehead atoms. The van der Waals surface area contributed by atoms with Crippen molar-refractivity contribution < 1.29 is 32.2 Å². The van der Waals surface area contributed by atoms with E-state index in [1.165, 1.54) is 12.1 Å². The highest BCUT2D eigenvalue weighted by Crippen LogP contribution is 2.51. The summed E-state index contributed by atoms with van der Waals surface area (Å²) >= 11 is 0. The van der Waals surface area contributed by atoms with Crippen LogP contribution in [0.3, 0.4) is 0 Å². The Kier molecular flexibility index (Phi) is 7.03. The van der Waals surface area contributed by atoms with Gasteiger partial charge in [0.25, 0.3) is 0 Å². The van der Waals surface area contributed by atoms with Crippen LogP contribution in [0.4, 0.5) is 17.6 Å². The predicted molar refractivity (Wildman–Crippen MR) is 132 cm³/mol. The number of nitrogens with zero attached hydrogens (tertiary/aromatic N) is 2. The van der Waals surface area contributed by atoms with Gasteiger partial charge in [-0.1, -0.05) is 45.9 Å². The van der Waals surface area contributed by atoms with E-state index in [0.29, 0.717) is 28.9 Å². The first-order chi connectivity index (χ1) is 17.1. The number of rotatable bonds is 7. The third-order valence-electron chi connectivity index (χ3n) is 6.98. The number of aliphatic carboxylic acids is 1. The van der Waals surface area contributed by atoms with E-state index in [2.05, 4.69) is 42.0 Å². The monoisotopic (exact) mass is 520 g/mol. The van der Waals surface area contributed by atoms with Crippen molar-refractivity contribution in [3.05, 3.63) is 59.2 Å². The molecule has 1 aromatic heterocycles. The van der Waals surface area contributed by atoms with Gasteiger partial charge in [-0.3, -0.25) is 4.79 Å². The van der Waals surface area contributed by atoms with Crippen LogP contribution >= 0.6 is 0 Å². The average molecular weight is 521 g/mol. The molecule has 0 amide bonds. The lowest BCUT2D eigenvalue weighted by Crippen LogP contribution is -2.35. The number of halogens is 4. The summed E-state index contributed by atoms with van der Waals surface area (Å²) in [5, 5.41) is 9.03. The number of aryl methyl sites for hydroxylation is 1. The molecule has 0 radical (unpaired) electrons. The Morgan fingerprint density at radius 1 is 1.08 bits per heavy atom. The molecule has 1 saturated carbocycles. The van der Waals surface area contributed by atoms with Gasteiger partial charge in [0.15, 0.2) is 5.82 Å². The lowest BCUT2D eigenvalue weighted by molar-refractivity contribution is -0.274. The van der Waals surface area contributed by atoms with Crippen molar-refractivity contribution >= 4 is 17.0 Å². The van der Waals surface area contributed by atoms with Crippen molar-refractivity contribution in [2.24, 2.45) is 10.8 Å². The maximum absolute atomic E-state index is 15.5. The Hall–Kier alpha value is -3.10. The molecule has 1 N–H and O–H groups in total. The van der Waals surface area contributed by atoms with Gasteiger partial charge in [-0.2, -0.15) is 0 Å². The fourth-order valence-electron chi connectivity index (χ4n) is 6.15. The zero-order valence-corrected chi connectivity index (χ0v) is 21.5. The molecule has 9 heteroatoms. The molecular formula is C28H32F4N2O3. The number of hydrogen-bond donors (Lipinski definition) is 1. The maximum Gasteiger partial charge on any atom is 0.573 e. The number of ether oxygens (including phenoxy) is 1. The molecule has 0 aliphatic heterocycles. The van der Waals surface area contributed by atoms with E-state index in [0.717, 1.165) is 19.3 Å². The molecule has 0 saturated heterocycles. The first-order valence-corrected chi connectivity index (χ1v) is 12.4. The van der Waals surface area contributed by atoms with Gasteiger partial charge in [0.1, 0.15) is 17.1 Å². The molecule has 1 heterocycles. The van der Waals surface area contributed by atoms with Crippen molar-refractivity contribution in [1.82, 2.24) is 9.55 Å². The van der Waals surface area contributed by atoms with Gasteiger partial charge in [-0.05, 0) is 65.8 Å². The normalized spacial score (nSPS) is 17.7. The molecule has 0 atom stereocenters. The quantitative estimate of drug-likeness (QED) is 0.329. The molecule has 1 aliphatic carbocycles. The van der Waals surface area contributed by atoms with E-state index in [4.69, 9.17) is 5.11 Å². The summed E-state index contributed by atoms with van der Waals surface area (Å²) < 4.78 is 59.3. The third kappa shape index (κ3) is 6.43. The van der Waals surface area contributed by atoms with E-state index in [1.54, 1.807) is 24.3 Å². The number of fused-ring (bicyclic) bond motifs is 1. The molecule has 1 fully saturated rings. The number of carbonyl (C=O) groups is 1. The van der Waals surface area contributed by atoms with Crippen LogP contribution in [-0.4, -0.2) is 27.0 Å². The fourth-order valence-corrected chi connectivity index (χ4v) is 6.15. The molecule has 5 nitrogen and oxygen atoms in total. The summed E-state index contributed by atoms with van der Waals surface area (Å²) in [6.07, 6.45) is -1.82. The number of hydrogen-bond acceptors (Lipinski definition) is 3. The molecule has 2 aromatic carbocycles. The van der Waals surface area contributed by atoms with Crippen molar-refractivity contribution in [2.75, 3.05) is 0 Å². The Balaban J connectivity index is 1.77. The SMILES string of the molecule is CC1(C)CC(n2c(Cc3ccc(OC(F)(F)F)cc3)nc3c(F)c(CCC(=O)O)ccc32)CC(C)(C)C1. The molecule has 0 spiro atoms. The molecule has 4 rings (SSSR count). The lowest BCUT2D eigenvalue weighted by atomic mass is 9.63. The molecule has 200 valence electrons. The lowest BCUT2D eigenvalue weighted by Gasteiger charge is -2.45. The van der Waals surface area contributed by atoms with Crippen LogP contribution < -0.4 is 4.74 Å². The highest BCUT2D eigenvalue weighted by atomic mass is 19.4. The van der Waals surface area contributed by atoms with Gasteiger partial charge in [0.2, 0.25) is 0 Å². The van der Waals surface area contributed by atoms with Gasteiger partial charge in [0, 0.05) is 18.9 Å². The summed E-state index contributed by atoms with van der Waals surface area (Å²) in [4.78, 5) is 15.7. The Morgan fingerprint density at radius 3 is 2.27 bits per heavy atom. The number of carboxylic acid groups (broad SMARTS) is 1. The van der Waals surface area contributed by atoms with Crippen molar-refractivity contribution in [1.29, 1.82) is 0 Å². The topological polar surface area (TPSA) is 64.4 Å². The molecule has 37 heavy (non-hydrogen) atoms. The number of carboxylic acids is 1. The standard InChI is InChI=1S/C28H32F4N2O3/c1-26(2)14-19(15-27(3,4)16-26)34-21-11-7-18(8-12-23(35)36)24(29)25(21)33-22(34)13-17-5-9-20(10-6-17)37-28(30,31)32/h5-7,9-11,19H,8,12-16H2,1-4H3,(H,35,36). The molecule has 3 aromatic rings. The van der Waals surface area contributed by atoms with Crippen molar-refractivity contribution in [3.63, 3.8) is 0 Å². The summed E-state index contributed by atoms with van der Waals surface area (Å²) in [5.74, 6) is -1.22. The second kappa shape index (κ2) is 9.65. The van der Waals surface area contributed by atoms with Crippen LogP contribution in [0.15, 0.2) is 36.4 Å². The summed E-state index contributed by atoms with van der Waals surface area (Å²) in [5.41, 5.74) is 1.95. The van der Waals surface area contributed by atoms with Gasteiger partial charge in [0.05, 0.1) is 5.52 Å². The van der Waals surface area contributed by atoms with Crippen LogP contribution in [0.25, 0.3) is 11.0 Å². The summed E-state index contributed by atoms with van der Waals surface area (Å²) in [6, 6.07) is 9.10. The van der Waals surface area contributed by atoms with Crippen LogP contribution in [0.5, 0.6) is 5.75 Å². The zero-order valence-electron chi connectivity index (χ0n) is 21.5. The predicted octanol–water partition coefficient (Wildman–Crippen LogP) is 7.46. The third-order valence-corrected chi connectivity index (χ3v) is 6.98. The van der Waals surface area contributed by atoms with Gasteiger partial charge in [-0.25, -0.2) is 9.37 Å². The average Bonchev–Trinajstić information content (AvgIpc) is 3.10. The Bertz CT molecular complexity index is 1280. The first kappa shape index (κ1) is 26.9. The van der Waals surface area contributed by atoms with Crippen LogP contribution in [0.2, 0.25) is 0 Å². The van der Waals surface area contributed by atoms with E-state index >= 15 is 4.39 Å². The minimum Gasteiger partial charge on any atom is -0.481 e. The summed E-state index contributed by atoms with van der Waals surface area (Å²) in [6.45, 7) is 8.90. The van der Waals surface area contributed by atoms with E-state index in [9.17, 15) is 18.0 Å².